The van der Waals surface area contributed by atoms with E-state index >= 15 is 0 Å². The summed E-state index contributed by atoms with van der Waals surface area (Å²) in [5.41, 5.74) is 10.4. The predicted molar refractivity (Wildman–Crippen MR) is 62.7 cm³/mol. The van der Waals surface area contributed by atoms with Gasteiger partial charge in [-0.25, -0.2) is 0 Å². The molecule has 0 saturated carbocycles. The van der Waals surface area contributed by atoms with E-state index in [1.165, 1.54) is 0 Å². The van der Waals surface area contributed by atoms with Gasteiger partial charge >= 0.3 is 0 Å². The average Bonchev–Trinajstić information content (AvgIpc) is 2.08. The molecule has 0 aromatic heterocycles. The van der Waals surface area contributed by atoms with Crippen LogP contribution in [0.15, 0.2) is 9.98 Å². The summed E-state index contributed by atoms with van der Waals surface area (Å²) in [4.78, 5) is 8.18. The Labute approximate surface area is 86.5 Å². The molecule has 0 heterocycles. The fourth-order valence-corrected chi connectivity index (χ4v) is 0.900. The summed E-state index contributed by atoms with van der Waals surface area (Å²) in [6, 6.07) is 0. The van der Waals surface area contributed by atoms with Gasteiger partial charge in [-0.2, -0.15) is 0 Å². The third kappa shape index (κ3) is 10.9. The van der Waals surface area contributed by atoms with E-state index in [0.717, 1.165) is 25.8 Å². The molecule has 0 fully saturated rings. The van der Waals surface area contributed by atoms with E-state index in [9.17, 15) is 0 Å². The molecule has 0 radical (unpaired) electrons. The van der Waals surface area contributed by atoms with Crippen LogP contribution in [0.25, 0.3) is 0 Å². The van der Waals surface area contributed by atoms with Gasteiger partial charge in [0.1, 0.15) is 0 Å². The van der Waals surface area contributed by atoms with Crippen LogP contribution in [-0.4, -0.2) is 25.3 Å². The lowest BCUT2D eigenvalue weighted by atomic mass is 10.1. The van der Waals surface area contributed by atoms with Gasteiger partial charge in [0.25, 0.3) is 0 Å². The number of rotatable bonds is 7. The molecular weight excluding hydrogens is 176 g/mol. The molecule has 0 atom stereocenters. The van der Waals surface area contributed by atoms with Crippen LogP contribution in [0.3, 0.4) is 0 Å². The van der Waals surface area contributed by atoms with Crippen molar-refractivity contribution in [1.82, 2.24) is 0 Å². The third-order valence-electron chi connectivity index (χ3n) is 1.70. The second kappa shape index (κ2) is 8.53. The minimum atomic E-state index is 0.174. The van der Waals surface area contributed by atoms with E-state index in [1.807, 2.05) is 6.21 Å². The second-order valence-corrected chi connectivity index (χ2v) is 3.73. The van der Waals surface area contributed by atoms with Gasteiger partial charge in [-0.05, 0) is 31.4 Å². The van der Waals surface area contributed by atoms with Crippen molar-refractivity contribution in [1.29, 1.82) is 0 Å². The molecule has 0 aliphatic rings. The van der Waals surface area contributed by atoms with Crippen molar-refractivity contribution in [3.05, 3.63) is 0 Å². The van der Waals surface area contributed by atoms with Crippen molar-refractivity contribution in [3.8, 4) is 0 Å². The molecule has 0 aromatic rings. The van der Waals surface area contributed by atoms with Gasteiger partial charge in [0.2, 0.25) is 0 Å². The number of aliphatic imine (C=N–C) groups is 2. The van der Waals surface area contributed by atoms with Crippen molar-refractivity contribution in [2.45, 2.75) is 33.1 Å². The van der Waals surface area contributed by atoms with Gasteiger partial charge in [0.05, 0.1) is 0 Å². The first-order valence-corrected chi connectivity index (χ1v) is 5.16. The van der Waals surface area contributed by atoms with Gasteiger partial charge in [0, 0.05) is 13.1 Å². The molecule has 0 aliphatic heterocycles. The number of nitrogens with two attached hydrogens (primary N) is 2. The lowest BCUT2D eigenvalue weighted by molar-refractivity contribution is 0.686. The van der Waals surface area contributed by atoms with Crippen LogP contribution in [0.1, 0.15) is 33.1 Å². The fourth-order valence-electron chi connectivity index (χ4n) is 0.900. The van der Waals surface area contributed by atoms with Crippen LogP contribution >= 0.6 is 0 Å². The van der Waals surface area contributed by atoms with E-state index in [0.29, 0.717) is 12.5 Å². The standard InChI is InChI=1S/C10H22N4/c1-9(2)5-8-13-6-3-4-7-14-10(11)12/h8-9H,3-7H2,1-2H3,(H4,11,12,14). The molecule has 0 rings (SSSR count). The summed E-state index contributed by atoms with van der Waals surface area (Å²) in [5, 5.41) is 0. The molecule has 0 bridgehead atoms. The summed E-state index contributed by atoms with van der Waals surface area (Å²) >= 11 is 0. The van der Waals surface area contributed by atoms with Crippen molar-refractivity contribution < 1.29 is 0 Å². The summed E-state index contributed by atoms with van der Waals surface area (Å²) in [5.74, 6) is 0.869. The van der Waals surface area contributed by atoms with Gasteiger partial charge < -0.3 is 11.5 Å². The maximum atomic E-state index is 5.19. The predicted octanol–water partition coefficient (Wildman–Crippen LogP) is 1.16. The summed E-state index contributed by atoms with van der Waals surface area (Å²) < 4.78 is 0. The van der Waals surface area contributed by atoms with Crippen LogP contribution in [0.4, 0.5) is 0 Å². The van der Waals surface area contributed by atoms with Crippen LogP contribution in [-0.2, 0) is 0 Å². The number of nitrogens with zero attached hydrogens (tertiary/aromatic N) is 2. The molecule has 14 heavy (non-hydrogen) atoms. The topological polar surface area (TPSA) is 76.8 Å². The molecule has 0 amide bonds. The highest BCUT2D eigenvalue weighted by Crippen LogP contribution is 1.96. The molecule has 4 N–H and O–H groups in total. The Morgan fingerprint density at radius 1 is 1.21 bits per heavy atom. The number of unbranched alkanes of at least 4 members (excludes halogenated alkanes) is 1. The van der Waals surface area contributed by atoms with Gasteiger partial charge in [-0.3, -0.25) is 9.98 Å². The van der Waals surface area contributed by atoms with Crippen LogP contribution < -0.4 is 11.5 Å². The maximum Gasteiger partial charge on any atom is 0.185 e. The first-order chi connectivity index (χ1) is 6.63. The van der Waals surface area contributed by atoms with E-state index in [2.05, 4.69) is 23.8 Å². The Kier molecular flexibility index (Phi) is 7.89. The number of guanidine groups is 1. The van der Waals surface area contributed by atoms with Gasteiger partial charge in [0.15, 0.2) is 5.96 Å². The molecule has 4 nitrogen and oxygen atoms in total. The van der Waals surface area contributed by atoms with Crippen LogP contribution in [0.2, 0.25) is 0 Å². The highest BCUT2D eigenvalue weighted by Gasteiger charge is 1.88. The minimum Gasteiger partial charge on any atom is -0.370 e. The van der Waals surface area contributed by atoms with Crippen molar-refractivity contribution in [2.75, 3.05) is 13.1 Å². The Balaban J connectivity index is 3.21. The van der Waals surface area contributed by atoms with Gasteiger partial charge in [-0.1, -0.05) is 13.8 Å². The lowest BCUT2D eigenvalue weighted by Crippen LogP contribution is -2.22. The molecular formula is C10H22N4. The zero-order chi connectivity index (χ0) is 10.8. The van der Waals surface area contributed by atoms with Crippen LogP contribution in [0.5, 0.6) is 0 Å². The quantitative estimate of drug-likeness (QED) is 0.366. The second-order valence-electron chi connectivity index (χ2n) is 3.73. The molecule has 0 aliphatic carbocycles. The Morgan fingerprint density at radius 3 is 2.43 bits per heavy atom. The summed E-state index contributed by atoms with van der Waals surface area (Å²) in [7, 11) is 0. The third-order valence-corrected chi connectivity index (χ3v) is 1.70. The maximum absolute atomic E-state index is 5.19. The molecule has 0 aromatic carbocycles. The Bertz CT molecular complexity index is 181. The largest absolute Gasteiger partial charge is 0.370 e. The fraction of sp³-hybridized carbons (Fsp3) is 0.800. The molecule has 0 saturated heterocycles. The Morgan fingerprint density at radius 2 is 1.86 bits per heavy atom. The van der Waals surface area contributed by atoms with Crippen LogP contribution in [0, 0.1) is 5.92 Å². The first kappa shape index (κ1) is 12.9. The summed E-state index contributed by atoms with van der Waals surface area (Å²) in [6.45, 7) is 5.96. The minimum absolute atomic E-state index is 0.174. The van der Waals surface area contributed by atoms with E-state index in [1.54, 1.807) is 0 Å². The van der Waals surface area contributed by atoms with Crippen molar-refractivity contribution in [2.24, 2.45) is 27.4 Å². The average molecular weight is 198 g/mol. The lowest BCUT2D eigenvalue weighted by Gasteiger charge is -1.97. The highest BCUT2D eigenvalue weighted by molar-refractivity contribution is 5.75. The molecule has 0 unspecified atom stereocenters. The van der Waals surface area contributed by atoms with Gasteiger partial charge in [-0.15, -0.1) is 0 Å². The van der Waals surface area contributed by atoms with E-state index in [-0.39, 0.29) is 5.96 Å². The Hall–Kier alpha value is -1.06. The number of hydrogen-bond acceptors (Lipinski definition) is 2. The molecule has 4 heteroatoms. The van der Waals surface area contributed by atoms with E-state index < -0.39 is 0 Å². The highest BCUT2D eigenvalue weighted by atomic mass is 15.0. The number of hydrogen-bond donors (Lipinski definition) is 2. The van der Waals surface area contributed by atoms with E-state index in [4.69, 9.17) is 11.5 Å². The monoisotopic (exact) mass is 198 g/mol. The van der Waals surface area contributed by atoms with Crippen molar-refractivity contribution in [3.63, 3.8) is 0 Å². The molecule has 82 valence electrons. The normalized spacial score (nSPS) is 11.1. The summed E-state index contributed by atoms with van der Waals surface area (Å²) in [6.07, 6.45) is 5.11. The van der Waals surface area contributed by atoms with Crippen molar-refractivity contribution >= 4 is 12.2 Å². The SMILES string of the molecule is CC(C)CC=NCCCCN=C(N)N. The zero-order valence-electron chi connectivity index (χ0n) is 9.24. The zero-order valence-corrected chi connectivity index (χ0v) is 9.24. The smallest absolute Gasteiger partial charge is 0.185 e. The molecule has 0 spiro atoms. The first-order valence-electron chi connectivity index (χ1n) is 5.16.